The number of carbonyl (C=O) groups excluding carboxylic acids is 1. The molecule has 6 nitrogen and oxygen atoms in total. The van der Waals surface area contributed by atoms with Crippen molar-refractivity contribution in [1.82, 2.24) is 20.0 Å². The van der Waals surface area contributed by atoms with Crippen LogP contribution < -0.4 is 10.1 Å². The standard InChI is InChI=1S/C19H25FN4O2/c1-13(16-12-21-23(3)14(16)2)22-19(25)24-10-8-15(9-11-24)26-18-7-5-4-6-17(18)20/h4-7,12-13,15H,8-11H2,1-3H3,(H,22,25). The zero-order chi connectivity index (χ0) is 18.7. The van der Waals surface area contributed by atoms with E-state index in [4.69, 9.17) is 4.74 Å². The molecule has 26 heavy (non-hydrogen) atoms. The lowest BCUT2D eigenvalue weighted by molar-refractivity contribution is 0.107. The van der Waals surface area contributed by atoms with E-state index >= 15 is 0 Å². The van der Waals surface area contributed by atoms with Crippen molar-refractivity contribution in [2.45, 2.75) is 38.8 Å². The quantitative estimate of drug-likeness (QED) is 0.911. The van der Waals surface area contributed by atoms with Crippen molar-refractivity contribution in [2.24, 2.45) is 7.05 Å². The average molecular weight is 360 g/mol. The third-order valence-corrected chi connectivity index (χ3v) is 4.94. The Morgan fingerprint density at radius 2 is 2.04 bits per heavy atom. The molecule has 0 saturated carbocycles. The molecular formula is C19H25FN4O2. The van der Waals surface area contributed by atoms with Crippen LogP contribution in [0.3, 0.4) is 0 Å². The molecular weight excluding hydrogens is 335 g/mol. The molecule has 140 valence electrons. The first-order valence-electron chi connectivity index (χ1n) is 8.91. The number of nitrogens with one attached hydrogen (secondary N) is 1. The van der Waals surface area contributed by atoms with Crippen molar-refractivity contribution < 1.29 is 13.9 Å². The fourth-order valence-corrected chi connectivity index (χ4v) is 3.19. The molecule has 7 heteroatoms. The summed E-state index contributed by atoms with van der Waals surface area (Å²) in [6.07, 6.45) is 3.08. The number of halogens is 1. The van der Waals surface area contributed by atoms with E-state index in [2.05, 4.69) is 10.4 Å². The average Bonchev–Trinajstić information content (AvgIpc) is 2.96. The first-order chi connectivity index (χ1) is 12.5. The van der Waals surface area contributed by atoms with Gasteiger partial charge in [-0.3, -0.25) is 4.68 Å². The predicted molar refractivity (Wildman–Crippen MR) is 96.5 cm³/mol. The molecule has 1 saturated heterocycles. The number of rotatable bonds is 4. The van der Waals surface area contributed by atoms with Crippen LogP contribution in [0.1, 0.15) is 37.1 Å². The van der Waals surface area contributed by atoms with Gasteiger partial charge in [-0.1, -0.05) is 12.1 Å². The minimum Gasteiger partial charge on any atom is -0.487 e. The third kappa shape index (κ3) is 3.98. The van der Waals surface area contributed by atoms with E-state index in [0.717, 1.165) is 11.3 Å². The predicted octanol–water partition coefficient (Wildman–Crippen LogP) is 3.18. The topological polar surface area (TPSA) is 59.4 Å². The maximum Gasteiger partial charge on any atom is 0.317 e. The summed E-state index contributed by atoms with van der Waals surface area (Å²) >= 11 is 0. The Hall–Kier alpha value is -2.57. The maximum absolute atomic E-state index is 13.7. The second kappa shape index (κ2) is 7.76. The molecule has 0 bridgehead atoms. The molecule has 3 rings (SSSR count). The van der Waals surface area contributed by atoms with Gasteiger partial charge in [0.1, 0.15) is 6.10 Å². The highest BCUT2D eigenvalue weighted by atomic mass is 19.1. The van der Waals surface area contributed by atoms with E-state index < -0.39 is 0 Å². The third-order valence-electron chi connectivity index (χ3n) is 4.94. The monoisotopic (exact) mass is 360 g/mol. The highest BCUT2D eigenvalue weighted by Gasteiger charge is 2.26. The molecule has 0 radical (unpaired) electrons. The fraction of sp³-hybridized carbons (Fsp3) is 0.474. The lowest BCUT2D eigenvalue weighted by atomic mass is 10.1. The number of amides is 2. The zero-order valence-corrected chi connectivity index (χ0v) is 15.4. The molecule has 1 aromatic heterocycles. The number of para-hydroxylation sites is 1. The molecule has 1 N–H and O–H groups in total. The molecule has 2 aromatic rings. The largest absolute Gasteiger partial charge is 0.487 e. The number of aromatic nitrogens is 2. The van der Waals surface area contributed by atoms with Crippen molar-refractivity contribution in [1.29, 1.82) is 0 Å². The summed E-state index contributed by atoms with van der Waals surface area (Å²) in [6, 6.07) is 6.21. The Bertz CT molecular complexity index is 769. The zero-order valence-electron chi connectivity index (χ0n) is 15.4. The summed E-state index contributed by atoms with van der Waals surface area (Å²) in [6.45, 7) is 5.11. The Morgan fingerprint density at radius 1 is 1.35 bits per heavy atom. The van der Waals surface area contributed by atoms with Crippen LogP contribution in [0.5, 0.6) is 5.75 Å². The van der Waals surface area contributed by atoms with Gasteiger partial charge in [0.25, 0.3) is 0 Å². The number of nitrogens with zero attached hydrogens (tertiary/aromatic N) is 3. The van der Waals surface area contributed by atoms with E-state index in [-0.39, 0.29) is 29.7 Å². The van der Waals surface area contributed by atoms with Gasteiger partial charge in [-0.05, 0) is 26.0 Å². The molecule has 1 aliphatic heterocycles. The molecule has 1 unspecified atom stereocenters. The lowest BCUT2D eigenvalue weighted by Crippen LogP contribution is -2.47. The fourth-order valence-electron chi connectivity index (χ4n) is 3.19. The van der Waals surface area contributed by atoms with Crippen molar-refractivity contribution in [3.8, 4) is 5.75 Å². The normalized spacial score (nSPS) is 16.4. The number of hydrogen-bond donors (Lipinski definition) is 1. The van der Waals surface area contributed by atoms with Gasteiger partial charge in [0.2, 0.25) is 0 Å². The van der Waals surface area contributed by atoms with Crippen molar-refractivity contribution in [3.63, 3.8) is 0 Å². The minimum atomic E-state index is -0.353. The van der Waals surface area contributed by atoms with Crippen molar-refractivity contribution in [3.05, 3.63) is 47.5 Å². The molecule has 2 heterocycles. The van der Waals surface area contributed by atoms with Crippen LogP contribution in [0.25, 0.3) is 0 Å². The summed E-state index contributed by atoms with van der Waals surface area (Å²) in [5, 5.41) is 7.25. The van der Waals surface area contributed by atoms with Gasteiger partial charge in [-0.2, -0.15) is 5.10 Å². The van der Waals surface area contributed by atoms with Gasteiger partial charge < -0.3 is 15.0 Å². The Labute approximate surface area is 152 Å². The van der Waals surface area contributed by atoms with Crippen LogP contribution in [0.15, 0.2) is 30.5 Å². The van der Waals surface area contributed by atoms with Gasteiger partial charge in [0.15, 0.2) is 11.6 Å². The molecule has 2 amide bonds. The molecule has 0 spiro atoms. The second-order valence-corrected chi connectivity index (χ2v) is 6.71. The van der Waals surface area contributed by atoms with Crippen molar-refractivity contribution >= 4 is 6.03 Å². The SMILES string of the molecule is Cc1c(C(C)NC(=O)N2CCC(Oc3ccccc3F)CC2)cnn1C. The minimum absolute atomic E-state index is 0.0751. The number of piperidine rings is 1. The molecule has 1 atom stereocenters. The number of aryl methyl sites for hydroxylation is 1. The first-order valence-corrected chi connectivity index (χ1v) is 8.91. The Morgan fingerprint density at radius 3 is 2.65 bits per heavy atom. The van der Waals surface area contributed by atoms with Gasteiger partial charge in [-0.25, -0.2) is 9.18 Å². The Kier molecular flexibility index (Phi) is 5.44. The molecule has 1 fully saturated rings. The summed E-state index contributed by atoms with van der Waals surface area (Å²) in [5.74, 6) is -0.0792. The van der Waals surface area contributed by atoms with E-state index in [1.807, 2.05) is 20.9 Å². The van der Waals surface area contributed by atoms with Crippen LogP contribution >= 0.6 is 0 Å². The summed E-state index contributed by atoms with van der Waals surface area (Å²) in [5.41, 5.74) is 2.05. The summed E-state index contributed by atoms with van der Waals surface area (Å²) in [4.78, 5) is 14.3. The number of benzene rings is 1. The van der Waals surface area contributed by atoms with E-state index in [0.29, 0.717) is 25.9 Å². The van der Waals surface area contributed by atoms with Crippen LogP contribution in [0.4, 0.5) is 9.18 Å². The van der Waals surface area contributed by atoms with Crippen LogP contribution in [-0.2, 0) is 7.05 Å². The number of urea groups is 1. The summed E-state index contributed by atoms with van der Waals surface area (Å²) < 4.78 is 21.2. The number of ether oxygens (including phenoxy) is 1. The lowest BCUT2D eigenvalue weighted by Gasteiger charge is -2.33. The smallest absolute Gasteiger partial charge is 0.317 e. The number of hydrogen-bond acceptors (Lipinski definition) is 3. The van der Waals surface area contributed by atoms with E-state index in [1.54, 1.807) is 34.0 Å². The maximum atomic E-state index is 13.7. The Balaban J connectivity index is 1.50. The van der Waals surface area contributed by atoms with E-state index in [1.165, 1.54) is 6.07 Å². The van der Waals surface area contributed by atoms with Crippen LogP contribution in [0.2, 0.25) is 0 Å². The van der Waals surface area contributed by atoms with Gasteiger partial charge in [0.05, 0.1) is 12.2 Å². The van der Waals surface area contributed by atoms with Crippen molar-refractivity contribution in [2.75, 3.05) is 13.1 Å². The van der Waals surface area contributed by atoms with Gasteiger partial charge >= 0.3 is 6.03 Å². The number of likely N-dealkylation sites (tertiary alicyclic amines) is 1. The molecule has 1 aromatic carbocycles. The van der Waals surface area contributed by atoms with E-state index in [9.17, 15) is 9.18 Å². The first kappa shape index (κ1) is 18.2. The highest BCUT2D eigenvalue weighted by Crippen LogP contribution is 2.22. The van der Waals surface area contributed by atoms with Gasteiger partial charge in [0, 0.05) is 44.2 Å². The molecule has 0 aliphatic carbocycles. The van der Waals surface area contributed by atoms with Gasteiger partial charge in [-0.15, -0.1) is 0 Å². The van der Waals surface area contributed by atoms with Crippen LogP contribution in [0, 0.1) is 12.7 Å². The number of carbonyl (C=O) groups is 1. The van der Waals surface area contributed by atoms with Crippen LogP contribution in [-0.4, -0.2) is 39.9 Å². The highest BCUT2D eigenvalue weighted by molar-refractivity contribution is 5.74. The summed E-state index contributed by atoms with van der Waals surface area (Å²) in [7, 11) is 1.88. The molecule has 1 aliphatic rings. The second-order valence-electron chi connectivity index (χ2n) is 6.71.